The Labute approximate surface area is 86.1 Å². The number of ether oxygens (including phenoxy) is 1. The molecule has 0 aliphatic rings. The van der Waals surface area contributed by atoms with Gasteiger partial charge in [-0.3, -0.25) is 0 Å². The van der Waals surface area contributed by atoms with Gasteiger partial charge in [0.1, 0.15) is 0 Å². The monoisotopic (exact) mass is 211 g/mol. The highest BCUT2D eigenvalue weighted by molar-refractivity contribution is 5.83. The Morgan fingerprint density at radius 3 is 2.53 bits per heavy atom. The molecule has 0 spiro atoms. The first-order chi connectivity index (χ1) is 7.06. The van der Waals surface area contributed by atoms with Crippen LogP contribution >= 0.6 is 0 Å². The molecule has 0 saturated heterocycles. The Morgan fingerprint density at radius 2 is 1.93 bits per heavy atom. The lowest BCUT2D eigenvalue weighted by molar-refractivity contribution is 0.362. The highest BCUT2D eigenvalue weighted by Gasteiger charge is 2.16. The molecule has 0 atom stereocenters. The molecule has 1 aromatic carbocycles. The Bertz CT molecular complexity index is 531. The minimum absolute atomic E-state index is 0.326. The average Bonchev–Trinajstić information content (AvgIpc) is 2.46. The molecule has 0 radical (unpaired) electrons. The maximum atomic E-state index is 13.7. The van der Waals surface area contributed by atoms with Gasteiger partial charge in [-0.25, -0.2) is 8.78 Å². The van der Waals surface area contributed by atoms with Gasteiger partial charge in [0.15, 0.2) is 17.4 Å². The van der Waals surface area contributed by atoms with Crippen molar-refractivity contribution in [3.63, 3.8) is 0 Å². The molecule has 4 heteroatoms. The molecule has 0 N–H and O–H groups in total. The molecule has 0 amide bonds. The van der Waals surface area contributed by atoms with Gasteiger partial charge in [0.2, 0.25) is 0 Å². The number of hydrogen-bond acceptors (Lipinski definition) is 1. The molecule has 80 valence electrons. The lowest BCUT2D eigenvalue weighted by Gasteiger charge is -2.05. The Morgan fingerprint density at radius 1 is 1.27 bits per heavy atom. The number of methoxy groups -OCH3 is 1. The summed E-state index contributed by atoms with van der Waals surface area (Å²) in [4.78, 5) is 0. The summed E-state index contributed by atoms with van der Waals surface area (Å²) in [5.74, 6) is -1.65. The van der Waals surface area contributed by atoms with Crippen LogP contribution in [0.4, 0.5) is 8.78 Å². The lowest BCUT2D eigenvalue weighted by Crippen LogP contribution is -1.95. The maximum absolute atomic E-state index is 13.7. The van der Waals surface area contributed by atoms with Crippen molar-refractivity contribution in [2.45, 2.75) is 6.92 Å². The topological polar surface area (TPSA) is 14.2 Å². The van der Waals surface area contributed by atoms with Crippen LogP contribution in [0.15, 0.2) is 12.1 Å². The summed E-state index contributed by atoms with van der Waals surface area (Å²) in [5.41, 5.74) is 1.40. The predicted molar refractivity (Wildman–Crippen MR) is 54.1 cm³/mol. The van der Waals surface area contributed by atoms with Crippen LogP contribution in [0.5, 0.6) is 5.75 Å². The maximum Gasteiger partial charge on any atom is 0.191 e. The fourth-order valence-corrected chi connectivity index (χ4v) is 1.70. The normalized spacial score (nSPS) is 11.0. The van der Waals surface area contributed by atoms with Crippen LogP contribution in [0.2, 0.25) is 0 Å². The van der Waals surface area contributed by atoms with Gasteiger partial charge in [-0.15, -0.1) is 0 Å². The molecule has 0 aliphatic carbocycles. The van der Waals surface area contributed by atoms with Gasteiger partial charge in [0.05, 0.1) is 12.6 Å². The molecule has 0 saturated carbocycles. The van der Waals surface area contributed by atoms with Gasteiger partial charge in [-0.05, 0) is 13.0 Å². The van der Waals surface area contributed by atoms with Crippen LogP contribution in [-0.2, 0) is 7.05 Å². The summed E-state index contributed by atoms with van der Waals surface area (Å²) in [6.45, 7) is 1.84. The van der Waals surface area contributed by atoms with E-state index in [-0.39, 0.29) is 5.75 Å². The summed E-state index contributed by atoms with van der Waals surface area (Å²) in [5, 5.41) is 0.383. The van der Waals surface area contributed by atoms with E-state index in [0.29, 0.717) is 10.9 Å². The van der Waals surface area contributed by atoms with Gasteiger partial charge >= 0.3 is 0 Å². The summed E-state index contributed by atoms with van der Waals surface area (Å²) in [6, 6.07) is 2.96. The SMILES string of the molecule is COc1c(F)cc2c(cc(C)n2C)c1F. The molecule has 1 heterocycles. The number of halogens is 2. The number of nitrogens with zero attached hydrogens (tertiary/aromatic N) is 1. The molecular formula is C11H11F2NO. The number of aryl methyl sites for hydroxylation is 2. The van der Waals surface area contributed by atoms with Crippen LogP contribution in [0.1, 0.15) is 5.69 Å². The summed E-state index contributed by atoms with van der Waals surface area (Å²) in [7, 11) is 3.02. The quantitative estimate of drug-likeness (QED) is 0.707. The van der Waals surface area contributed by atoms with Crippen molar-refractivity contribution < 1.29 is 13.5 Å². The minimum atomic E-state index is -0.677. The second kappa shape index (κ2) is 3.22. The van der Waals surface area contributed by atoms with E-state index in [0.717, 1.165) is 5.69 Å². The van der Waals surface area contributed by atoms with E-state index in [9.17, 15) is 8.78 Å². The molecule has 1 aromatic heterocycles. The zero-order valence-corrected chi connectivity index (χ0v) is 8.77. The van der Waals surface area contributed by atoms with Gasteiger partial charge in [-0.1, -0.05) is 0 Å². The minimum Gasteiger partial charge on any atom is -0.491 e. The van der Waals surface area contributed by atoms with E-state index in [1.807, 2.05) is 6.92 Å². The summed E-state index contributed by atoms with van der Waals surface area (Å²) < 4.78 is 33.5. The van der Waals surface area contributed by atoms with Crippen molar-refractivity contribution in [3.8, 4) is 5.75 Å². The molecular weight excluding hydrogens is 200 g/mol. The van der Waals surface area contributed by atoms with Gasteiger partial charge < -0.3 is 9.30 Å². The highest BCUT2D eigenvalue weighted by Crippen LogP contribution is 2.30. The molecule has 15 heavy (non-hydrogen) atoms. The van der Waals surface area contributed by atoms with Crippen LogP contribution in [0.25, 0.3) is 10.9 Å². The van der Waals surface area contributed by atoms with E-state index >= 15 is 0 Å². The van der Waals surface area contributed by atoms with Gasteiger partial charge in [0, 0.05) is 24.2 Å². The van der Waals surface area contributed by atoms with E-state index in [2.05, 4.69) is 4.74 Å². The van der Waals surface area contributed by atoms with Crippen LogP contribution in [0, 0.1) is 18.6 Å². The van der Waals surface area contributed by atoms with Crippen LogP contribution < -0.4 is 4.74 Å². The molecule has 2 aromatic rings. The number of rotatable bonds is 1. The largest absolute Gasteiger partial charge is 0.491 e. The third-order valence-electron chi connectivity index (χ3n) is 2.64. The molecule has 0 aliphatic heterocycles. The lowest BCUT2D eigenvalue weighted by atomic mass is 10.2. The molecule has 0 unspecified atom stereocenters. The zero-order valence-electron chi connectivity index (χ0n) is 8.77. The number of hydrogen-bond donors (Lipinski definition) is 0. The number of benzene rings is 1. The first kappa shape index (κ1) is 9.96. The van der Waals surface area contributed by atoms with Crippen molar-refractivity contribution >= 4 is 10.9 Å². The number of fused-ring (bicyclic) bond motifs is 1. The third kappa shape index (κ3) is 1.28. The Balaban J connectivity index is 2.90. The first-order valence-corrected chi connectivity index (χ1v) is 4.54. The summed E-state index contributed by atoms with van der Waals surface area (Å²) >= 11 is 0. The van der Waals surface area contributed by atoms with Gasteiger partial charge in [-0.2, -0.15) is 0 Å². The van der Waals surface area contributed by atoms with Crippen LogP contribution in [0.3, 0.4) is 0 Å². The molecule has 0 fully saturated rings. The van der Waals surface area contributed by atoms with E-state index in [1.165, 1.54) is 13.2 Å². The fourth-order valence-electron chi connectivity index (χ4n) is 1.70. The van der Waals surface area contributed by atoms with Crippen LogP contribution in [-0.4, -0.2) is 11.7 Å². The standard InChI is InChI=1S/C11H11F2NO/c1-6-4-7-9(14(6)2)5-8(12)11(15-3)10(7)13/h4-5H,1-3H3. The Kier molecular flexibility index (Phi) is 2.14. The smallest absolute Gasteiger partial charge is 0.191 e. The molecule has 2 rings (SSSR count). The van der Waals surface area contributed by atoms with Crippen molar-refractivity contribution in [1.82, 2.24) is 4.57 Å². The summed E-state index contributed by atoms with van der Waals surface area (Å²) in [6.07, 6.45) is 0. The first-order valence-electron chi connectivity index (χ1n) is 4.54. The van der Waals surface area contributed by atoms with E-state index in [1.54, 1.807) is 17.7 Å². The van der Waals surface area contributed by atoms with Crippen molar-refractivity contribution in [3.05, 3.63) is 29.5 Å². The highest BCUT2D eigenvalue weighted by atomic mass is 19.1. The Hall–Kier alpha value is -1.58. The second-order valence-corrected chi connectivity index (χ2v) is 3.48. The van der Waals surface area contributed by atoms with Crippen molar-refractivity contribution in [2.75, 3.05) is 7.11 Å². The molecule has 2 nitrogen and oxygen atoms in total. The second-order valence-electron chi connectivity index (χ2n) is 3.48. The van der Waals surface area contributed by atoms with Gasteiger partial charge in [0.25, 0.3) is 0 Å². The predicted octanol–water partition coefficient (Wildman–Crippen LogP) is 2.77. The molecule has 0 bridgehead atoms. The third-order valence-corrected chi connectivity index (χ3v) is 2.64. The zero-order chi connectivity index (χ0) is 11.2. The van der Waals surface area contributed by atoms with E-state index in [4.69, 9.17) is 0 Å². The van der Waals surface area contributed by atoms with Crippen molar-refractivity contribution in [2.24, 2.45) is 7.05 Å². The van der Waals surface area contributed by atoms with Crippen molar-refractivity contribution in [1.29, 1.82) is 0 Å². The fraction of sp³-hybridized carbons (Fsp3) is 0.273. The number of aromatic nitrogens is 1. The average molecular weight is 211 g/mol. The van der Waals surface area contributed by atoms with E-state index < -0.39 is 11.6 Å².